The molecule has 0 spiro atoms. The standard InChI is InChI=1S/C25H26BN3O5S2/c1-16-4-10-22(17(2)14-16)29-36(31,32)20-8-6-19(7-9-20)27-25(35)28-24(30)18-5-11-23(21(26)15-18)34-13-12-33-3/h4-11,14-15,29H,12-13H2,1-3H3,(H2,27,28,30,35). The average molecular weight is 523 g/mol. The van der Waals surface area contributed by atoms with Crippen molar-refractivity contribution in [3.05, 3.63) is 77.4 Å². The molecule has 0 aliphatic rings. The Hall–Kier alpha value is -3.41. The Morgan fingerprint density at radius 3 is 2.36 bits per heavy atom. The first-order chi connectivity index (χ1) is 17.1. The second-order valence-corrected chi connectivity index (χ2v) is 10.0. The van der Waals surface area contributed by atoms with Gasteiger partial charge in [-0.3, -0.25) is 14.8 Å². The number of aryl methyl sites for hydroxylation is 2. The van der Waals surface area contributed by atoms with Crippen LogP contribution < -0.4 is 25.6 Å². The zero-order valence-electron chi connectivity index (χ0n) is 20.1. The van der Waals surface area contributed by atoms with Crippen LogP contribution in [0.4, 0.5) is 11.4 Å². The Bertz CT molecular complexity index is 1360. The van der Waals surface area contributed by atoms with Crippen molar-refractivity contribution in [3.63, 3.8) is 0 Å². The average Bonchev–Trinajstić information content (AvgIpc) is 2.82. The number of carbonyl (C=O) groups is 1. The van der Waals surface area contributed by atoms with E-state index in [9.17, 15) is 13.2 Å². The number of amides is 1. The van der Waals surface area contributed by atoms with Gasteiger partial charge in [-0.05, 0) is 74.1 Å². The predicted octanol–water partition coefficient (Wildman–Crippen LogP) is 3.05. The molecule has 3 N–H and O–H groups in total. The van der Waals surface area contributed by atoms with E-state index in [-0.39, 0.29) is 10.0 Å². The van der Waals surface area contributed by atoms with Crippen molar-refractivity contribution in [2.75, 3.05) is 30.4 Å². The fourth-order valence-electron chi connectivity index (χ4n) is 3.24. The lowest BCUT2D eigenvalue weighted by molar-refractivity contribution is 0.0977. The van der Waals surface area contributed by atoms with Gasteiger partial charge in [-0.2, -0.15) is 0 Å². The van der Waals surface area contributed by atoms with Crippen molar-refractivity contribution in [3.8, 4) is 5.75 Å². The van der Waals surface area contributed by atoms with Gasteiger partial charge < -0.3 is 14.8 Å². The first kappa shape index (κ1) is 27.2. The Morgan fingerprint density at radius 1 is 1.00 bits per heavy atom. The zero-order valence-corrected chi connectivity index (χ0v) is 21.8. The van der Waals surface area contributed by atoms with E-state index in [0.717, 1.165) is 11.1 Å². The van der Waals surface area contributed by atoms with Gasteiger partial charge in [0.25, 0.3) is 15.9 Å². The summed E-state index contributed by atoms with van der Waals surface area (Å²) in [5, 5.41) is 5.47. The highest BCUT2D eigenvalue weighted by molar-refractivity contribution is 7.92. The number of thiocarbonyl (C=S) groups is 1. The maximum atomic E-state index is 12.8. The van der Waals surface area contributed by atoms with Crippen molar-refractivity contribution < 1.29 is 22.7 Å². The molecule has 0 unspecified atom stereocenters. The summed E-state index contributed by atoms with van der Waals surface area (Å²) < 4.78 is 38.5. The van der Waals surface area contributed by atoms with E-state index in [4.69, 9.17) is 29.5 Å². The molecule has 8 nitrogen and oxygen atoms in total. The lowest BCUT2D eigenvalue weighted by atomic mass is 9.93. The summed E-state index contributed by atoms with van der Waals surface area (Å²) >= 11 is 5.22. The van der Waals surface area contributed by atoms with E-state index in [0.29, 0.717) is 41.4 Å². The molecule has 0 saturated heterocycles. The molecule has 0 bridgehead atoms. The van der Waals surface area contributed by atoms with Gasteiger partial charge in [0.2, 0.25) is 0 Å². The third-order valence-electron chi connectivity index (χ3n) is 5.09. The SMILES string of the molecule is [B]c1cc(C(=O)NC(=S)Nc2ccc(S(=O)(=O)Nc3ccc(C)cc3C)cc2)ccc1OCCOC. The Kier molecular flexibility index (Phi) is 9.08. The van der Waals surface area contributed by atoms with E-state index in [1.807, 2.05) is 26.0 Å². The lowest BCUT2D eigenvalue weighted by Crippen LogP contribution is -2.34. The van der Waals surface area contributed by atoms with Gasteiger partial charge in [-0.25, -0.2) is 8.42 Å². The smallest absolute Gasteiger partial charge is 0.261 e. The van der Waals surface area contributed by atoms with Gasteiger partial charge in [-0.1, -0.05) is 29.2 Å². The van der Waals surface area contributed by atoms with Gasteiger partial charge in [0.05, 0.1) is 17.2 Å². The largest absolute Gasteiger partial charge is 0.492 e. The number of methoxy groups -OCH3 is 1. The maximum absolute atomic E-state index is 12.8. The topological polar surface area (TPSA) is 106 Å². The Labute approximate surface area is 217 Å². The number of benzene rings is 3. The second-order valence-electron chi connectivity index (χ2n) is 7.95. The summed E-state index contributed by atoms with van der Waals surface area (Å²) in [6.07, 6.45) is 0. The number of carbonyl (C=O) groups excluding carboxylic acids is 1. The molecule has 3 aromatic rings. The third kappa shape index (κ3) is 7.30. The molecule has 186 valence electrons. The molecule has 11 heteroatoms. The van der Waals surface area contributed by atoms with Crippen molar-refractivity contribution >= 4 is 57.9 Å². The van der Waals surface area contributed by atoms with Crippen molar-refractivity contribution in [1.82, 2.24) is 5.32 Å². The van der Waals surface area contributed by atoms with Gasteiger partial charge in [0.1, 0.15) is 20.2 Å². The minimum Gasteiger partial charge on any atom is -0.492 e. The third-order valence-corrected chi connectivity index (χ3v) is 6.68. The van der Waals surface area contributed by atoms with Gasteiger partial charge in [-0.15, -0.1) is 0 Å². The van der Waals surface area contributed by atoms with Crippen LogP contribution in [-0.4, -0.2) is 47.6 Å². The van der Waals surface area contributed by atoms with Crippen LogP contribution in [0, 0.1) is 13.8 Å². The van der Waals surface area contributed by atoms with Crippen LogP contribution in [0.25, 0.3) is 0 Å². The Balaban J connectivity index is 1.59. The number of hydrogen-bond acceptors (Lipinski definition) is 6. The Morgan fingerprint density at radius 2 is 1.72 bits per heavy atom. The van der Waals surface area contributed by atoms with Gasteiger partial charge >= 0.3 is 0 Å². The minimum absolute atomic E-state index is 0.0444. The van der Waals surface area contributed by atoms with Crippen LogP contribution in [0.15, 0.2) is 65.6 Å². The highest BCUT2D eigenvalue weighted by Gasteiger charge is 2.16. The highest BCUT2D eigenvalue weighted by Crippen LogP contribution is 2.22. The summed E-state index contributed by atoms with van der Waals surface area (Å²) in [6.45, 7) is 4.53. The molecule has 0 aliphatic heterocycles. The first-order valence-corrected chi connectivity index (χ1v) is 12.8. The molecule has 2 radical (unpaired) electrons. The van der Waals surface area contributed by atoms with Crippen LogP contribution >= 0.6 is 12.2 Å². The summed E-state index contributed by atoms with van der Waals surface area (Å²) in [7, 11) is 3.75. The van der Waals surface area contributed by atoms with E-state index in [1.54, 1.807) is 37.4 Å². The number of sulfonamides is 1. The molecule has 0 aromatic heterocycles. The van der Waals surface area contributed by atoms with Crippen LogP contribution in [0.3, 0.4) is 0 Å². The summed E-state index contributed by atoms with van der Waals surface area (Å²) in [4.78, 5) is 12.6. The lowest BCUT2D eigenvalue weighted by Gasteiger charge is -2.13. The molecule has 0 aliphatic carbocycles. The van der Waals surface area contributed by atoms with Crippen molar-refractivity contribution in [2.45, 2.75) is 18.7 Å². The predicted molar refractivity (Wildman–Crippen MR) is 146 cm³/mol. The molecule has 1 amide bonds. The summed E-state index contributed by atoms with van der Waals surface area (Å²) in [5.74, 6) is -0.00845. The van der Waals surface area contributed by atoms with Crippen molar-refractivity contribution in [1.29, 1.82) is 0 Å². The molecular weight excluding hydrogens is 497 g/mol. The summed E-state index contributed by atoms with van der Waals surface area (Å²) in [5.41, 5.74) is 3.50. The first-order valence-electron chi connectivity index (χ1n) is 10.9. The zero-order chi connectivity index (χ0) is 26.3. The molecule has 0 fully saturated rings. The number of anilines is 2. The highest BCUT2D eigenvalue weighted by atomic mass is 32.2. The quantitative estimate of drug-likeness (QED) is 0.225. The van der Waals surface area contributed by atoms with E-state index in [2.05, 4.69) is 15.4 Å². The molecule has 3 aromatic carbocycles. The van der Waals surface area contributed by atoms with Gasteiger partial charge in [0.15, 0.2) is 5.11 Å². The van der Waals surface area contributed by atoms with Crippen LogP contribution in [0.1, 0.15) is 21.5 Å². The van der Waals surface area contributed by atoms with E-state index >= 15 is 0 Å². The van der Waals surface area contributed by atoms with Gasteiger partial charge in [0, 0.05) is 18.4 Å². The van der Waals surface area contributed by atoms with Crippen LogP contribution in [0.5, 0.6) is 5.75 Å². The summed E-state index contributed by atoms with van der Waals surface area (Å²) in [6, 6.07) is 16.1. The minimum atomic E-state index is -3.77. The van der Waals surface area contributed by atoms with Crippen LogP contribution in [-0.2, 0) is 14.8 Å². The molecule has 0 atom stereocenters. The fourth-order valence-corrected chi connectivity index (χ4v) is 4.58. The number of nitrogens with one attached hydrogen (secondary N) is 3. The number of ether oxygens (including phenoxy) is 2. The monoisotopic (exact) mass is 523 g/mol. The molecule has 3 rings (SSSR count). The second kappa shape index (κ2) is 12.0. The maximum Gasteiger partial charge on any atom is 0.261 e. The normalized spacial score (nSPS) is 11.0. The molecule has 36 heavy (non-hydrogen) atoms. The molecule has 0 saturated carbocycles. The van der Waals surface area contributed by atoms with Crippen molar-refractivity contribution in [2.24, 2.45) is 0 Å². The molecule has 0 heterocycles. The molecular formula is C25H26BN3O5S2. The number of hydrogen-bond donors (Lipinski definition) is 3. The van der Waals surface area contributed by atoms with E-state index in [1.165, 1.54) is 18.2 Å². The number of rotatable bonds is 9. The fraction of sp³-hybridized carbons (Fsp3) is 0.200. The van der Waals surface area contributed by atoms with E-state index < -0.39 is 15.9 Å². The van der Waals surface area contributed by atoms with Crippen LogP contribution in [0.2, 0.25) is 0 Å².